The molecule has 0 radical (unpaired) electrons. The Balaban J connectivity index is 1.22. The van der Waals surface area contributed by atoms with Crippen molar-refractivity contribution < 1.29 is 9.59 Å². The molecular weight excluding hydrogens is 378 g/mol. The summed E-state index contributed by atoms with van der Waals surface area (Å²) < 4.78 is 2.01. The Kier molecular flexibility index (Phi) is 5.05. The molecule has 1 aromatic carbocycles. The van der Waals surface area contributed by atoms with Crippen molar-refractivity contribution in [1.29, 1.82) is 0 Å². The molecule has 7 nitrogen and oxygen atoms in total. The Hall–Kier alpha value is -2.70. The molecule has 1 spiro atoms. The topological polar surface area (TPSA) is 80.1 Å². The average molecular weight is 408 g/mol. The van der Waals surface area contributed by atoms with Crippen LogP contribution in [0.2, 0.25) is 0 Å². The van der Waals surface area contributed by atoms with E-state index in [0.717, 1.165) is 63.3 Å². The van der Waals surface area contributed by atoms with Gasteiger partial charge in [-0.1, -0.05) is 30.3 Å². The Morgan fingerprint density at radius 3 is 2.67 bits per heavy atom. The monoisotopic (exact) mass is 407 g/mol. The summed E-state index contributed by atoms with van der Waals surface area (Å²) in [4.78, 5) is 27.4. The quantitative estimate of drug-likeness (QED) is 0.824. The van der Waals surface area contributed by atoms with Gasteiger partial charge >= 0.3 is 0 Å². The first-order valence-corrected chi connectivity index (χ1v) is 11.1. The van der Waals surface area contributed by atoms with E-state index in [2.05, 4.69) is 15.5 Å². The summed E-state index contributed by atoms with van der Waals surface area (Å²) in [6.45, 7) is 3.11. The van der Waals surface area contributed by atoms with Gasteiger partial charge in [0.1, 0.15) is 5.82 Å². The van der Waals surface area contributed by atoms with Crippen molar-refractivity contribution in [2.45, 2.75) is 51.5 Å². The lowest BCUT2D eigenvalue weighted by Crippen LogP contribution is -2.33. The lowest BCUT2D eigenvalue weighted by Gasteiger charge is -2.27. The summed E-state index contributed by atoms with van der Waals surface area (Å²) in [5.74, 6) is 2.08. The minimum Gasteiger partial charge on any atom is -0.349 e. The number of nitrogens with one attached hydrogen (secondary N) is 1. The number of hydrogen-bond acceptors (Lipinski definition) is 4. The van der Waals surface area contributed by atoms with Gasteiger partial charge in [0.25, 0.3) is 5.91 Å². The second kappa shape index (κ2) is 7.85. The maximum absolute atomic E-state index is 12.8. The van der Waals surface area contributed by atoms with Crippen molar-refractivity contribution in [3.63, 3.8) is 0 Å². The maximum atomic E-state index is 12.8. The number of likely N-dealkylation sites (tertiary alicyclic amines) is 1. The molecule has 1 saturated carbocycles. The third-order valence-electron chi connectivity index (χ3n) is 7.01. The van der Waals surface area contributed by atoms with Crippen LogP contribution in [0.5, 0.6) is 0 Å². The predicted molar refractivity (Wildman–Crippen MR) is 112 cm³/mol. The summed E-state index contributed by atoms with van der Waals surface area (Å²) in [7, 11) is 0. The lowest BCUT2D eigenvalue weighted by molar-refractivity contribution is -0.129. The highest BCUT2D eigenvalue weighted by Gasteiger charge is 2.41. The molecule has 0 bridgehead atoms. The molecule has 1 N–H and O–H groups in total. The van der Waals surface area contributed by atoms with Crippen molar-refractivity contribution in [2.24, 2.45) is 11.3 Å². The average Bonchev–Trinajstić information content (AvgIpc) is 3.40. The van der Waals surface area contributed by atoms with Gasteiger partial charge < -0.3 is 14.8 Å². The molecule has 2 fully saturated rings. The molecule has 2 amide bonds. The van der Waals surface area contributed by atoms with Crippen LogP contribution in [0.25, 0.3) is 0 Å². The second-order valence-electron chi connectivity index (χ2n) is 9.22. The van der Waals surface area contributed by atoms with E-state index in [1.165, 1.54) is 12.8 Å². The van der Waals surface area contributed by atoms with Crippen molar-refractivity contribution in [3.8, 4) is 0 Å². The molecule has 3 aliphatic rings. The molecule has 5 rings (SSSR count). The van der Waals surface area contributed by atoms with Gasteiger partial charge in [-0.25, -0.2) is 0 Å². The zero-order valence-electron chi connectivity index (χ0n) is 17.3. The molecule has 1 aromatic heterocycles. The highest BCUT2D eigenvalue weighted by atomic mass is 16.2. The van der Waals surface area contributed by atoms with E-state index in [-0.39, 0.29) is 17.2 Å². The first-order chi connectivity index (χ1) is 14.6. The second-order valence-corrected chi connectivity index (χ2v) is 9.22. The SMILES string of the molecule is O=C(NCC1CC1)c1nnc2n1CCC1(CC2)CCN(C(=O)Cc2ccccc2)C1. The summed E-state index contributed by atoms with van der Waals surface area (Å²) in [5.41, 5.74) is 1.19. The number of carbonyl (C=O) groups is 2. The summed E-state index contributed by atoms with van der Waals surface area (Å²) >= 11 is 0. The Morgan fingerprint density at radius 2 is 1.87 bits per heavy atom. The summed E-state index contributed by atoms with van der Waals surface area (Å²) in [6, 6.07) is 9.96. The normalized spacial score (nSPS) is 23.3. The fourth-order valence-corrected chi connectivity index (χ4v) is 4.85. The van der Waals surface area contributed by atoms with Gasteiger partial charge in [0.2, 0.25) is 11.7 Å². The zero-order valence-corrected chi connectivity index (χ0v) is 17.3. The zero-order chi connectivity index (χ0) is 20.6. The van der Waals surface area contributed by atoms with Crippen LogP contribution in [0, 0.1) is 11.3 Å². The van der Waals surface area contributed by atoms with Crippen molar-refractivity contribution in [1.82, 2.24) is 25.0 Å². The maximum Gasteiger partial charge on any atom is 0.289 e. The molecule has 1 aliphatic carbocycles. The van der Waals surface area contributed by atoms with Gasteiger partial charge in [0.15, 0.2) is 0 Å². The largest absolute Gasteiger partial charge is 0.349 e. The van der Waals surface area contributed by atoms with E-state index < -0.39 is 0 Å². The molecule has 30 heavy (non-hydrogen) atoms. The van der Waals surface area contributed by atoms with Gasteiger partial charge in [0.05, 0.1) is 6.42 Å². The number of fused-ring (bicyclic) bond motifs is 1. The number of hydrogen-bond donors (Lipinski definition) is 1. The fourth-order valence-electron chi connectivity index (χ4n) is 4.85. The minimum absolute atomic E-state index is 0.109. The third-order valence-corrected chi connectivity index (χ3v) is 7.01. The van der Waals surface area contributed by atoms with Crippen LogP contribution in [-0.4, -0.2) is 51.1 Å². The fraction of sp³-hybridized carbons (Fsp3) is 0.565. The van der Waals surface area contributed by atoms with Crippen molar-refractivity contribution >= 4 is 11.8 Å². The molecule has 1 atom stereocenters. The number of amides is 2. The number of rotatable bonds is 5. The van der Waals surface area contributed by atoms with Crippen LogP contribution in [0.1, 0.15) is 54.1 Å². The predicted octanol–water partition coefficient (Wildman–Crippen LogP) is 2.22. The van der Waals surface area contributed by atoms with E-state index in [9.17, 15) is 9.59 Å². The van der Waals surface area contributed by atoms with Gasteiger partial charge in [-0.15, -0.1) is 10.2 Å². The number of aryl methyl sites for hydroxylation is 1. The highest BCUT2D eigenvalue weighted by molar-refractivity contribution is 5.90. The number of carbonyl (C=O) groups excluding carboxylic acids is 2. The van der Waals surface area contributed by atoms with Crippen LogP contribution in [0.3, 0.4) is 0 Å². The van der Waals surface area contributed by atoms with Gasteiger partial charge in [-0.2, -0.15) is 0 Å². The first kappa shape index (κ1) is 19.3. The molecule has 2 aliphatic heterocycles. The molecule has 7 heteroatoms. The molecule has 1 unspecified atom stereocenters. The highest BCUT2D eigenvalue weighted by Crippen LogP contribution is 2.41. The van der Waals surface area contributed by atoms with Crippen LogP contribution in [0.4, 0.5) is 0 Å². The Labute approximate surface area is 176 Å². The number of nitrogens with zero attached hydrogens (tertiary/aromatic N) is 4. The number of benzene rings is 1. The van der Waals surface area contributed by atoms with Crippen LogP contribution in [0.15, 0.2) is 30.3 Å². The standard InChI is InChI=1S/C23H29N5O2/c29-20(14-17-4-2-1-3-5-17)27-12-10-23(16-27)9-8-19-25-26-21(28(19)13-11-23)22(30)24-15-18-6-7-18/h1-5,18H,6-16H2,(H,24,30). The minimum atomic E-state index is -0.109. The smallest absolute Gasteiger partial charge is 0.289 e. The molecule has 2 aromatic rings. The summed E-state index contributed by atoms with van der Waals surface area (Å²) in [5, 5.41) is 11.5. The van der Waals surface area contributed by atoms with E-state index in [1.54, 1.807) is 0 Å². The first-order valence-electron chi connectivity index (χ1n) is 11.1. The molecule has 3 heterocycles. The van der Waals surface area contributed by atoms with Gasteiger partial charge in [0, 0.05) is 32.6 Å². The Bertz CT molecular complexity index is 936. The van der Waals surface area contributed by atoms with E-state index >= 15 is 0 Å². The van der Waals surface area contributed by atoms with Crippen LogP contribution in [-0.2, 0) is 24.2 Å². The third kappa shape index (κ3) is 3.98. The van der Waals surface area contributed by atoms with E-state index in [4.69, 9.17) is 0 Å². The van der Waals surface area contributed by atoms with Crippen molar-refractivity contribution in [2.75, 3.05) is 19.6 Å². The molecule has 1 saturated heterocycles. The number of aromatic nitrogens is 3. The van der Waals surface area contributed by atoms with Crippen LogP contribution >= 0.6 is 0 Å². The van der Waals surface area contributed by atoms with Crippen LogP contribution < -0.4 is 5.32 Å². The van der Waals surface area contributed by atoms with Crippen molar-refractivity contribution in [3.05, 3.63) is 47.5 Å². The molecule has 158 valence electrons. The van der Waals surface area contributed by atoms with E-state index in [0.29, 0.717) is 18.2 Å². The Morgan fingerprint density at radius 1 is 1.07 bits per heavy atom. The lowest BCUT2D eigenvalue weighted by atomic mass is 9.80. The molecular formula is C23H29N5O2. The van der Waals surface area contributed by atoms with E-state index in [1.807, 2.05) is 39.8 Å². The van der Waals surface area contributed by atoms with Gasteiger partial charge in [-0.3, -0.25) is 9.59 Å². The summed E-state index contributed by atoms with van der Waals surface area (Å²) in [6.07, 6.45) is 6.66. The van der Waals surface area contributed by atoms with Gasteiger partial charge in [-0.05, 0) is 49.0 Å².